The van der Waals surface area contributed by atoms with Gasteiger partial charge in [0.2, 0.25) is 0 Å². The number of nitrogens with two attached hydrogens (primary N) is 1. The molecule has 0 aromatic carbocycles. The van der Waals surface area contributed by atoms with Crippen molar-refractivity contribution in [3.05, 3.63) is 16.9 Å². The number of halogens is 1. The molecule has 0 aliphatic carbocycles. The maximum atomic E-state index is 6.18. The van der Waals surface area contributed by atoms with Crippen LogP contribution in [-0.4, -0.2) is 45.8 Å². The zero-order valence-electron chi connectivity index (χ0n) is 10.1. The molecule has 1 aliphatic rings. The molecule has 2 heterocycles. The third-order valence-electron chi connectivity index (χ3n) is 3.24. The molecule has 1 aliphatic heterocycles. The summed E-state index contributed by atoms with van der Waals surface area (Å²) in [5.41, 5.74) is 3.84. The van der Waals surface area contributed by atoms with Crippen molar-refractivity contribution in [1.82, 2.24) is 20.1 Å². The van der Waals surface area contributed by atoms with Crippen LogP contribution in [0.1, 0.15) is 11.7 Å². The molecule has 1 aromatic heterocycles. The summed E-state index contributed by atoms with van der Waals surface area (Å²) in [6, 6.07) is 0.347. The van der Waals surface area contributed by atoms with Crippen molar-refractivity contribution in [2.75, 3.05) is 25.1 Å². The Morgan fingerprint density at radius 2 is 2.41 bits per heavy atom. The van der Waals surface area contributed by atoms with E-state index in [0.717, 1.165) is 18.0 Å². The van der Waals surface area contributed by atoms with E-state index < -0.39 is 0 Å². The third kappa shape index (κ3) is 2.61. The van der Waals surface area contributed by atoms with Crippen molar-refractivity contribution in [2.24, 2.45) is 12.9 Å². The van der Waals surface area contributed by atoms with E-state index in [0.29, 0.717) is 11.1 Å². The highest BCUT2D eigenvalue weighted by Gasteiger charge is 2.31. The Bertz CT molecular complexity index is 363. The summed E-state index contributed by atoms with van der Waals surface area (Å²) in [4.78, 5) is 2.32. The van der Waals surface area contributed by atoms with E-state index in [9.17, 15) is 0 Å². The summed E-state index contributed by atoms with van der Waals surface area (Å²) in [5.74, 6) is 7.93. The Morgan fingerprint density at radius 1 is 1.65 bits per heavy atom. The summed E-state index contributed by atoms with van der Waals surface area (Å²) in [5, 5.41) is 4.83. The number of thioether (sulfide) groups is 1. The summed E-state index contributed by atoms with van der Waals surface area (Å²) in [7, 11) is 4.01. The molecule has 0 bridgehead atoms. The van der Waals surface area contributed by atoms with Crippen LogP contribution in [0.5, 0.6) is 0 Å². The van der Waals surface area contributed by atoms with Gasteiger partial charge in [0.15, 0.2) is 0 Å². The number of nitrogens with zero attached hydrogens (tertiary/aromatic N) is 3. The molecular weight excluding hydrogens is 258 g/mol. The number of likely N-dealkylation sites (N-methyl/N-ethyl adjacent to an activating group) is 1. The van der Waals surface area contributed by atoms with Gasteiger partial charge in [0.1, 0.15) is 0 Å². The second kappa shape index (κ2) is 5.58. The van der Waals surface area contributed by atoms with Crippen molar-refractivity contribution in [3.8, 4) is 0 Å². The normalized spacial score (nSPS) is 23.9. The smallest absolute Gasteiger partial charge is 0.0835 e. The summed E-state index contributed by atoms with van der Waals surface area (Å²) in [6.45, 7) is 1.07. The number of hydrogen-bond donors (Lipinski definition) is 2. The lowest BCUT2D eigenvalue weighted by Gasteiger charge is -2.37. The van der Waals surface area contributed by atoms with Gasteiger partial charge in [-0.2, -0.15) is 16.9 Å². The molecule has 0 amide bonds. The van der Waals surface area contributed by atoms with Crippen molar-refractivity contribution < 1.29 is 0 Å². The summed E-state index contributed by atoms with van der Waals surface area (Å²) in [6.07, 6.45) is 1.66. The minimum Gasteiger partial charge on any atom is -0.300 e. The second-order valence-electron chi connectivity index (χ2n) is 4.27. The number of aromatic nitrogens is 2. The van der Waals surface area contributed by atoms with Gasteiger partial charge < -0.3 is 0 Å². The predicted molar refractivity (Wildman–Crippen MR) is 72.0 cm³/mol. The van der Waals surface area contributed by atoms with Gasteiger partial charge in [-0.1, -0.05) is 11.6 Å². The summed E-state index contributed by atoms with van der Waals surface area (Å²) < 4.78 is 1.79. The molecule has 1 fully saturated rings. The maximum Gasteiger partial charge on any atom is 0.0835 e. The van der Waals surface area contributed by atoms with E-state index >= 15 is 0 Å². The van der Waals surface area contributed by atoms with Gasteiger partial charge in [-0.3, -0.25) is 15.4 Å². The van der Waals surface area contributed by atoms with Gasteiger partial charge in [0.25, 0.3) is 0 Å². The van der Waals surface area contributed by atoms with Crippen molar-refractivity contribution in [3.63, 3.8) is 0 Å². The average Bonchev–Trinajstić information content (AvgIpc) is 2.64. The predicted octanol–water partition coefficient (Wildman–Crippen LogP) is 0.625. The van der Waals surface area contributed by atoms with E-state index in [4.69, 9.17) is 17.4 Å². The second-order valence-corrected chi connectivity index (χ2v) is 5.83. The molecular formula is C10H18ClN5S. The Kier molecular flexibility index (Phi) is 4.32. The van der Waals surface area contributed by atoms with Crippen LogP contribution in [-0.2, 0) is 7.05 Å². The van der Waals surface area contributed by atoms with Crippen LogP contribution < -0.4 is 11.3 Å². The van der Waals surface area contributed by atoms with Gasteiger partial charge in [-0.15, -0.1) is 0 Å². The highest BCUT2D eigenvalue weighted by molar-refractivity contribution is 7.99. The van der Waals surface area contributed by atoms with Crippen LogP contribution in [0.25, 0.3) is 0 Å². The largest absolute Gasteiger partial charge is 0.300 e. The summed E-state index contributed by atoms with van der Waals surface area (Å²) >= 11 is 8.13. The fraction of sp³-hybridized carbons (Fsp3) is 0.700. The topological polar surface area (TPSA) is 59.1 Å². The molecule has 1 saturated heterocycles. The zero-order chi connectivity index (χ0) is 12.4. The Balaban J connectivity index is 2.26. The van der Waals surface area contributed by atoms with Crippen LogP contribution in [0.2, 0.25) is 5.02 Å². The molecule has 96 valence electrons. The molecule has 2 unspecified atom stereocenters. The molecule has 0 saturated carbocycles. The van der Waals surface area contributed by atoms with E-state index in [1.54, 1.807) is 10.9 Å². The van der Waals surface area contributed by atoms with E-state index in [1.807, 2.05) is 18.8 Å². The molecule has 2 rings (SSSR count). The molecule has 7 heteroatoms. The lowest BCUT2D eigenvalue weighted by molar-refractivity contribution is 0.211. The average molecular weight is 276 g/mol. The Hall–Kier alpha value is -0.270. The first-order chi connectivity index (χ1) is 8.15. The SMILES string of the molecule is CN1CCSCC1C(NN)c1c(Cl)cnn1C. The molecule has 0 spiro atoms. The van der Waals surface area contributed by atoms with Crippen LogP contribution >= 0.6 is 23.4 Å². The zero-order valence-corrected chi connectivity index (χ0v) is 11.6. The van der Waals surface area contributed by atoms with Gasteiger partial charge >= 0.3 is 0 Å². The minimum atomic E-state index is 0.00722. The lowest BCUT2D eigenvalue weighted by Crippen LogP contribution is -2.50. The Labute approximate surface area is 111 Å². The van der Waals surface area contributed by atoms with Gasteiger partial charge in [0, 0.05) is 31.1 Å². The molecule has 17 heavy (non-hydrogen) atoms. The van der Waals surface area contributed by atoms with Crippen LogP contribution in [0.15, 0.2) is 6.20 Å². The molecule has 5 nitrogen and oxygen atoms in total. The van der Waals surface area contributed by atoms with Crippen LogP contribution in [0, 0.1) is 0 Å². The van der Waals surface area contributed by atoms with Crippen molar-refractivity contribution >= 4 is 23.4 Å². The molecule has 1 aromatic rings. The highest BCUT2D eigenvalue weighted by atomic mass is 35.5. The standard InChI is InChI=1S/C10H18ClN5S/c1-15-3-4-17-6-8(15)9(14-12)10-7(11)5-13-16(10)2/h5,8-9,14H,3-4,6,12H2,1-2H3. The first-order valence-electron chi connectivity index (χ1n) is 5.56. The minimum absolute atomic E-state index is 0.00722. The lowest BCUT2D eigenvalue weighted by atomic mass is 10.1. The van der Waals surface area contributed by atoms with E-state index in [1.165, 1.54) is 5.75 Å². The first-order valence-corrected chi connectivity index (χ1v) is 7.10. The maximum absolute atomic E-state index is 6.18. The first kappa shape index (κ1) is 13.2. The molecule has 0 radical (unpaired) electrons. The highest BCUT2D eigenvalue weighted by Crippen LogP contribution is 2.29. The number of nitrogens with one attached hydrogen (secondary N) is 1. The fourth-order valence-electron chi connectivity index (χ4n) is 2.20. The number of aryl methyl sites for hydroxylation is 1. The van der Waals surface area contributed by atoms with Crippen molar-refractivity contribution in [1.29, 1.82) is 0 Å². The van der Waals surface area contributed by atoms with Gasteiger partial charge in [0.05, 0.1) is 23.0 Å². The van der Waals surface area contributed by atoms with Gasteiger partial charge in [-0.05, 0) is 7.05 Å². The Morgan fingerprint density at radius 3 is 2.94 bits per heavy atom. The van der Waals surface area contributed by atoms with Gasteiger partial charge in [-0.25, -0.2) is 5.43 Å². The number of rotatable bonds is 3. The fourth-order valence-corrected chi connectivity index (χ4v) is 3.75. The molecule has 3 N–H and O–H groups in total. The van der Waals surface area contributed by atoms with E-state index in [-0.39, 0.29) is 6.04 Å². The van der Waals surface area contributed by atoms with Crippen LogP contribution in [0.3, 0.4) is 0 Å². The monoisotopic (exact) mass is 275 g/mol. The third-order valence-corrected chi connectivity index (χ3v) is 4.58. The van der Waals surface area contributed by atoms with Crippen molar-refractivity contribution in [2.45, 2.75) is 12.1 Å². The quantitative estimate of drug-likeness (QED) is 0.626. The number of hydrogen-bond acceptors (Lipinski definition) is 5. The van der Waals surface area contributed by atoms with E-state index in [2.05, 4.69) is 22.5 Å². The number of hydrazine groups is 1. The molecule has 2 atom stereocenters. The van der Waals surface area contributed by atoms with Crippen LogP contribution in [0.4, 0.5) is 0 Å².